The molecule has 2 saturated heterocycles. The minimum atomic E-state index is 0.179. The van der Waals surface area contributed by atoms with Crippen molar-refractivity contribution in [1.29, 1.82) is 0 Å². The van der Waals surface area contributed by atoms with Gasteiger partial charge in [0.15, 0.2) is 0 Å². The Hall–Kier alpha value is -0.380. The maximum atomic E-state index is 8.26. The Morgan fingerprint density at radius 1 is 1.62 bits per heavy atom. The van der Waals surface area contributed by atoms with Crippen molar-refractivity contribution in [2.24, 2.45) is 10.5 Å². The topological polar surface area (TPSA) is 58.0 Å². The SMILES string of the molecule is [N-]=[N+]=NCC1OCCC12CCSC2. The fraction of sp³-hybridized carbons (Fsp3) is 1.00. The van der Waals surface area contributed by atoms with Crippen LogP contribution in [0.3, 0.4) is 0 Å². The number of azide groups is 1. The van der Waals surface area contributed by atoms with Crippen molar-refractivity contribution in [1.82, 2.24) is 0 Å². The highest BCUT2D eigenvalue weighted by atomic mass is 32.2. The first-order chi connectivity index (χ1) is 6.37. The van der Waals surface area contributed by atoms with Gasteiger partial charge in [-0.15, -0.1) is 0 Å². The summed E-state index contributed by atoms with van der Waals surface area (Å²) in [6.45, 7) is 1.35. The molecule has 0 aromatic rings. The monoisotopic (exact) mass is 199 g/mol. The molecule has 0 N–H and O–H groups in total. The van der Waals surface area contributed by atoms with Crippen LogP contribution in [-0.4, -0.2) is 30.8 Å². The average molecular weight is 199 g/mol. The Balaban J connectivity index is 2.04. The molecule has 2 unspecified atom stereocenters. The predicted octanol–water partition coefficient (Wildman–Crippen LogP) is 2.21. The fourth-order valence-electron chi connectivity index (χ4n) is 2.17. The van der Waals surface area contributed by atoms with E-state index in [4.69, 9.17) is 10.3 Å². The Bertz CT molecular complexity index is 228. The summed E-state index contributed by atoms with van der Waals surface area (Å²) in [6.07, 6.45) is 2.55. The van der Waals surface area contributed by atoms with E-state index in [0.717, 1.165) is 13.0 Å². The number of rotatable bonds is 2. The fourth-order valence-corrected chi connectivity index (χ4v) is 3.75. The molecule has 2 aliphatic rings. The normalized spacial score (nSPS) is 38.0. The van der Waals surface area contributed by atoms with E-state index in [-0.39, 0.29) is 6.10 Å². The number of ether oxygens (including phenoxy) is 1. The van der Waals surface area contributed by atoms with Crippen molar-refractivity contribution in [2.75, 3.05) is 24.7 Å². The molecule has 0 aromatic heterocycles. The third-order valence-corrected chi connectivity index (χ3v) is 4.32. The molecule has 0 aromatic carbocycles. The Morgan fingerprint density at radius 3 is 3.23 bits per heavy atom. The first-order valence-electron chi connectivity index (χ1n) is 4.58. The molecule has 2 atom stereocenters. The molecule has 72 valence electrons. The molecule has 0 saturated carbocycles. The van der Waals surface area contributed by atoms with Gasteiger partial charge in [-0.3, -0.25) is 0 Å². The molecular weight excluding hydrogens is 186 g/mol. The number of hydrogen-bond acceptors (Lipinski definition) is 3. The van der Waals surface area contributed by atoms with Gasteiger partial charge >= 0.3 is 0 Å². The van der Waals surface area contributed by atoms with Gasteiger partial charge in [-0.05, 0) is 24.1 Å². The van der Waals surface area contributed by atoms with Gasteiger partial charge in [0, 0.05) is 22.7 Å². The van der Waals surface area contributed by atoms with E-state index >= 15 is 0 Å². The van der Waals surface area contributed by atoms with Gasteiger partial charge in [0.2, 0.25) is 0 Å². The van der Waals surface area contributed by atoms with Crippen molar-refractivity contribution in [3.63, 3.8) is 0 Å². The summed E-state index contributed by atoms with van der Waals surface area (Å²) in [7, 11) is 0. The number of nitrogens with zero attached hydrogens (tertiary/aromatic N) is 3. The van der Waals surface area contributed by atoms with Crippen molar-refractivity contribution < 1.29 is 4.74 Å². The molecule has 13 heavy (non-hydrogen) atoms. The van der Waals surface area contributed by atoms with Crippen LogP contribution in [0, 0.1) is 5.41 Å². The first kappa shape index (κ1) is 9.19. The molecule has 0 aliphatic carbocycles. The maximum absolute atomic E-state index is 8.26. The lowest BCUT2D eigenvalue weighted by Crippen LogP contribution is -2.32. The van der Waals surface area contributed by atoms with Crippen molar-refractivity contribution in [3.8, 4) is 0 Å². The summed E-state index contributed by atoms with van der Waals surface area (Å²) in [5, 5.41) is 3.62. The Kier molecular flexibility index (Phi) is 2.67. The van der Waals surface area contributed by atoms with Gasteiger partial charge in [0.05, 0.1) is 12.6 Å². The highest BCUT2D eigenvalue weighted by Gasteiger charge is 2.45. The van der Waals surface area contributed by atoms with Gasteiger partial charge in [0.1, 0.15) is 0 Å². The molecule has 0 amide bonds. The van der Waals surface area contributed by atoms with Crippen molar-refractivity contribution in [2.45, 2.75) is 18.9 Å². The Morgan fingerprint density at radius 2 is 2.54 bits per heavy atom. The molecule has 2 aliphatic heterocycles. The molecule has 0 radical (unpaired) electrons. The van der Waals surface area contributed by atoms with Crippen LogP contribution in [0.2, 0.25) is 0 Å². The lowest BCUT2D eigenvalue weighted by molar-refractivity contribution is 0.0669. The van der Waals surface area contributed by atoms with Gasteiger partial charge in [-0.1, -0.05) is 5.11 Å². The minimum absolute atomic E-state index is 0.179. The standard InChI is InChI=1S/C8H13N3OS/c9-11-10-5-7-8(1-3-12-7)2-4-13-6-8/h7H,1-6H2. The molecule has 0 bridgehead atoms. The van der Waals surface area contributed by atoms with Crippen LogP contribution >= 0.6 is 11.8 Å². The van der Waals surface area contributed by atoms with E-state index in [2.05, 4.69) is 10.0 Å². The van der Waals surface area contributed by atoms with Gasteiger partial charge < -0.3 is 4.74 Å². The minimum Gasteiger partial charge on any atom is -0.377 e. The quantitative estimate of drug-likeness (QED) is 0.389. The molecule has 2 heterocycles. The number of thioether (sulfide) groups is 1. The third kappa shape index (κ3) is 1.64. The lowest BCUT2D eigenvalue weighted by Gasteiger charge is -2.27. The zero-order chi connectivity index (χ0) is 9.15. The molecular formula is C8H13N3OS. The Labute approximate surface area is 81.7 Å². The third-order valence-electron chi connectivity index (χ3n) is 3.05. The van der Waals surface area contributed by atoms with E-state index < -0.39 is 0 Å². The van der Waals surface area contributed by atoms with Gasteiger partial charge in [-0.25, -0.2) is 0 Å². The second-order valence-electron chi connectivity index (χ2n) is 3.69. The van der Waals surface area contributed by atoms with E-state index in [1.54, 1.807) is 0 Å². The van der Waals surface area contributed by atoms with Gasteiger partial charge in [0.25, 0.3) is 0 Å². The maximum Gasteiger partial charge on any atom is 0.0696 e. The van der Waals surface area contributed by atoms with Crippen molar-refractivity contribution >= 4 is 11.8 Å². The first-order valence-corrected chi connectivity index (χ1v) is 5.73. The zero-order valence-corrected chi connectivity index (χ0v) is 8.29. The highest BCUT2D eigenvalue weighted by Crippen LogP contribution is 2.46. The molecule has 5 heteroatoms. The largest absolute Gasteiger partial charge is 0.377 e. The van der Waals surface area contributed by atoms with Crippen LogP contribution in [0.5, 0.6) is 0 Å². The summed E-state index contributed by atoms with van der Waals surface area (Å²) in [5.41, 5.74) is 8.59. The second kappa shape index (κ2) is 3.78. The van der Waals surface area contributed by atoms with E-state index in [0.29, 0.717) is 12.0 Å². The summed E-state index contributed by atoms with van der Waals surface area (Å²) < 4.78 is 5.61. The van der Waals surface area contributed by atoms with Crippen LogP contribution in [0.15, 0.2) is 5.11 Å². The van der Waals surface area contributed by atoms with Crippen LogP contribution in [-0.2, 0) is 4.74 Å². The molecule has 2 rings (SSSR count). The number of hydrogen-bond donors (Lipinski definition) is 0. The lowest BCUT2D eigenvalue weighted by atomic mass is 9.81. The van der Waals surface area contributed by atoms with Crippen LogP contribution < -0.4 is 0 Å². The molecule has 1 spiro atoms. The molecule has 4 nitrogen and oxygen atoms in total. The molecule has 2 fully saturated rings. The zero-order valence-electron chi connectivity index (χ0n) is 7.48. The summed E-state index contributed by atoms with van der Waals surface area (Å²) in [4.78, 5) is 2.79. The van der Waals surface area contributed by atoms with Crippen LogP contribution in [0.4, 0.5) is 0 Å². The van der Waals surface area contributed by atoms with Crippen LogP contribution in [0.1, 0.15) is 12.8 Å². The smallest absolute Gasteiger partial charge is 0.0696 e. The van der Waals surface area contributed by atoms with E-state index in [1.165, 1.54) is 17.9 Å². The predicted molar refractivity (Wildman–Crippen MR) is 52.7 cm³/mol. The van der Waals surface area contributed by atoms with E-state index in [9.17, 15) is 0 Å². The van der Waals surface area contributed by atoms with Gasteiger partial charge in [-0.2, -0.15) is 11.8 Å². The highest BCUT2D eigenvalue weighted by molar-refractivity contribution is 7.99. The van der Waals surface area contributed by atoms with Crippen LogP contribution in [0.25, 0.3) is 10.4 Å². The summed E-state index contributed by atoms with van der Waals surface area (Å²) in [5.74, 6) is 2.41. The summed E-state index contributed by atoms with van der Waals surface area (Å²) in [6, 6.07) is 0. The average Bonchev–Trinajstić information content (AvgIpc) is 2.75. The van der Waals surface area contributed by atoms with Crippen molar-refractivity contribution in [3.05, 3.63) is 10.4 Å². The van der Waals surface area contributed by atoms with E-state index in [1.807, 2.05) is 11.8 Å². The summed E-state index contributed by atoms with van der Waals surface area (Å²) >= 11 is 1.99. The second-order valence-corrected chi connectivity index (χ2v) is 4.79.